The van der Waals surface area contributed by atoms with Gasteiger partial charge in [-0.3, -0.25) is 0 Å². The van der Waals surface area contributed by atoms with Gasteiger partial charge in [0, 0.05) is 50.2 Å². The van der Waals surface area contributed by atoms with E-state index < -0.39 is 0 Å². The molecule has 0 unspecified atom stereocenters. The third-order valence-electron chi connectivity index (χ3n) is 7.04. The zero-order chi connectivity index (χ0) is 22.2. The van der Waals surface area contributed by atoms with Crippen molar-refractivity contribution in [2.45, 2.75) is 31.8 Å². The van der Waals surface area contributed by atoms with E-state index in [1.165, 1.54) is 43.6 Å². The molecule has 3 nitrogen and oxygen atoms in total. The predicted octanol–water partition coefficient (Wildman–Crippen LogP) is 7.31. The van der Waals surface area contributed by atoms with Crippen molar-refractivity contribution in [1.82, 2.24) is 9.13 Å². The number of para-hydroxylation sites is 4. The van der Waals surface area contributed by atoms with Gasteiger partial charge in [0.1, 0.15) is 0 Å². The molecule has 0 aliphatic heterocycles. The summed E-state index contributed by atoms with van der Waals surface area (Å²) < 4.78 is 4.81. The van der Waals surface area contributed by atoms with Crippen LogP contribution >= 0.6 is 0 Å². The lowest BCUT2D eigenvalue weighted by Crippen LogP contribution is -2.13. The average Bonchev–Trinajstić information content (AvgIpc) is 3.38. The summed E-state index contributed by atoms with van der Waals surface area (Å²) in [4.78, 5) is 0. The summed E-state index contributed by atoms with van der Waals surface area (Å²) >= 11 is 0. The Bertz CT molecular complexity index is 1470. The van der Waals surface area contributed by atoms with E-state index in [1.54, 1.807) is 0 Å². The van der Waals surface area contributed by atoms with Gasteiger partial charge >= 0.3 is 0 Å². The normalized spacial score (nSPS) is 12.9. The topological polar surface area (TPSA) is 30.1 Å². The largest absolute Gasteiger partial charge is 0.394 e. The SMILES string of the molecule is OC[C@H](CCCCn1c2ccccc2c2ccccc21)n1c2ccccc2c2ccccc21. The molecule has 0 radical (unpaired) electrons. The third-order valence-corrected chi connectivity index (χ3v) is 7.04. The van der Waals surface area contributed by atoms with Gasteiger partial charge in [-0.05, 0) is 43.5 Å². The van der Waals surface area contributed by atoms with Gasteiger partial charge in [0.25, 0.3) is 0 Å². The molecule has 164 valence electrons. The van der Waals surface area contributed by atoms with Crippen LogP contribution in [0.3, 0.4) is 0 Å². The molecule has 2 aromatic heterocycles. The number of benzene rings is 4. The van der Waals surface area contributed by atoms with Crippen molar-refractivity contribution in [2.75, 3.05) is 6.61 Å². The first kappa shape index (κ1) is 20.1. The number of aliphatic hydroxyl groups is 1. The summed E-state index contributed by atoms with van der Waals surface area (Å²) in [5.41, 5.74) is 5.03. The van der Waals surface area contributed by atoms with E-state index in [0.29, 0.717) is 0 Å². The highest BCUT2D eigenvalue weighted by Gasteiger charge is 2.17. The zero-order valence-electron chi connectivity index (χ0n) is 18.7. The second-order valence-corrected chi connectivity index (χ2v) is 8.92. The molecule has 4 aromatic carbocycles. The number of hydrogen-bond donors (Lipinski definition) is 1. The maximum atomic E-state index is 10.4. The highest BCUT2D eigenvalue weighted by atomic mass is 16.3. The molecule has 0 aliphatic rings. The molecule has 0 spiro atoms. The minimum Gasteiger partial charge on any atom is -0.394 e. The Labute approximate surface area is 193 Å². The van der Waals surface area contributed by atoms with Gasteiger partial charge in [-0.2, -0.15) is 0 Å². The highest BCUT2D eigenvalue weighted by Crippen LogP contribution is 2.34. The molecule has 2 heterocycles. The van der Waals surface area contributed by atoms with E-state index in [-0.39, 0.29) is 12.6 Å². The standard InChI is InChI=1S/C30H28N2O/c33-21-22(32-29-18-7-3-14-25(29)26-15-4-8-19-30(26)32)11-9-10-20-31-27-16-5-1-12-23(27)24-13-2-6-17-28(24)31/h1-8,12-19,22,33H,9-11,20-21H2/t22-/m0/s1. The van der Waals surface area contributed by atoms with Gasteiger partial charge in [-0.15, -0.1) is 0 Å². The van der Waals surface area contributed by atoms with E-state index in [2.05, 4.69) is 106 Å². The molecule has 0 amide bonds. The summed E-state index contributed by atoms with van der Waals surface area (Å²) in [5.74, 6) is 0. The molecular weight excluding hydrogens is 404 g/mol. The Morgan fingerprint density at radius 2 is 0.970 bits per heavy atom. The van der Waals surface area contributed by atoms with Crippen LogP contribution < -0.4 is 0 Å². The fraction of sp³-hybridized carbons (Fsp3) is 0.200. The first-order valence-corrected chi connectivity index (χ1v) is 11.9. The van der Waals surface area contributed by atoms with Crippen molar-refractivity contribution in [2.24, 2.45) is 0 Å². The molecule has 0 saturated heterocycles. The van der Waals surface area contributed by atoms with Crippen LogP contribution in [-0.2, 0) is 6.54 Å². The first-order chi connectivity index (χ1) is 16.4. The summed E-state index contributed by atoms with van der Waals surface area (Å²) in [6.45, 7) is 1.14. The fourth-order valence-corrected chi connectivity index (χ4v) is 5.54. The van der Waals surface area contributed by atoms with Crippen LogP contribution in [0.25, 0.3) is 43.6 Å². The smallest absolute Gasteiger partial charge is 0.0639 e. The van der Waals surface area contributed by atoms with Crippen molar-refractivity contribution in [3.8, 4) is 0 Å². The maximum Gasteiger partial charge on any atom is 0.0639 e. The van der Waals surface area contributed by atoms with Crippen LogP contribution in [0.2, 0.25) is 0 Å². The molecule has 33 heavy (non-hydrogen) atoms. The first-order valence-electron chi connectivity index (χ1n) is 11.9. The molecule has 0 aliphatic carbocycles. The Balaban J connectivity index is 1.26. The fourth-order valence-electron chi connectivity index (χ4n) is 5.54. The number of hydrogen-bond acceptors (Lipinski definition) is 1. The molecule has 0 saturated carbocycles. The van der Waals surface area contributed by atoms with Gasteiger partial charge in [0.15, 0.2) is 0 Å². The minimum absolute atomic E-state index is 0.0768. The van der Waals surface area contributed by atoms with E-state index in [4.69, 9.17) is 0 Å². The van der Waals surface area contributed by atoms with Crippen molar-refractivity contribution >= 4 is 43.6 Å². The molecule has 1 N–H and O–H groups in total. The van der Waals surface area contributed by atoms with E-state index in [1.807, 2.05) is 0 Å². The Morgan fingerprint density at radius 1 is 0.545 bits per heavy atom. The minimum atomic E-state index is 0.0768. The molecule has 3 heteroatoms. The van der Waals surface area contributed by atoms with Crippen molar-refractivity contribution in [1.29, 1.82) is 0 Å². The number of rotatable bonds is 7. The quantitative estimate of drug-likeness (QED) is 0.263. The number of aliphatic hydroxyl groups excluding tert-OH is 1. The number of aryl methyl sites for hydroxylation is 1. The van der Waals surface area contributed by atoms with E-state index in [0.717, 1.165) is 25.8 Å². The van der Waals surface area contributed by atoms with Crippen molar-refractivity contribution in [3.05, 3.63) is 97.1 Å². The number of aromatic nitrogens is 2. The molecular formula is C30H28N2O. The number of nitrogens with zero attached hydrogens (tertiary/aromatic N) is 2. The monoisotopic (exact) mass is 432 g/mol. The second kappa shape index (κ2) is 8.42. The highest BCUT2D eigenvalue weighted by molar-refractivity contribution is 6.08. The molecule has 0 bridgehead atoms. The van der Waals surface area contributed by atoms with Crippen LogP contribution in [0, 0.1) is 0 Å². The van der Waals surface area contributed by atoms with Gasteiger partial charge in [0.2, 0.25) is 0 Å². The van der Waals surface area contributed by atoms with Crippen LogP contribution in [0.1, 0.15) is 25.3 Å². The summed E-state index contributed by atoms with van der Waals surface area (Å²) in [6, 6.07) is 34.6. The van der Waals surface area contributed by atoms with Crippen molar-refractivity contribution < 1.29 is 5.11 Å². The molecule has 6 rings (SSSR count). The maximum absolute atomic E-state index is 10.4. The lowest BCUT2D eigenvalue weighted by molar-refractivity contribution is 0.223. The Morgan fingerprint density at radius 3 is 1.45 bits per heavy atom. The van der Waals surface area contributed by atoms with Gasteiger partial charge < -0.3 is 14.2 Å². The Kier molecular flexibility index (Phi) is 5.12. The van der Waals surface area contributed by atoms with Crippen LogP contribution in [0.5, 0.6) is 0 Å². The zero-order valence-corrected chi connectivity index (χ0v) is 18.7. The predicted molar refractivity (Wildman–Crippen MR) is 139 cm³/mol. The summed E-state index contributed by atoms with van der Waals surface area (Å²) in [6.07, 6.45) is 3.10. The lowest BCUT2D eigenvalue weighted by Gasteiger charge is -2.19. The van der Waals surface area contributed by atoms with Crippen LogP contribution in [-0.4, -0.2) is 20.8 Å². The van der Waals surface area contributed by atoms with Crippen LogP contribution in [0.4, 0.5) is 0 Å². The van der Waals surface area contributed by atoms with Gasteiger partial charge in [-0.1, -0.05) is 72.8 Å². The summed E-state index contributed by atoms with van der Waals surface area (Å²) in [5, 5.41) is 15.5. The second-order valence-electron chi connectivity index (χ2n) is 8.92. The van der Waals surface area contributed by atoms with Gasteiger partial charge in [0.05, 0.1) is 12.6 Å². The van der Waals surface area contributed by atoms with E-state index in [9.17, 15) is 5.11 Å². The van der Waals surface area contributed by atoms with Crippen LogP contribution in [0.15, 0.2) is 97.1 Å². The number of fused-ring (bicyclic) bond motifs is 6. The number of unbranched alkanes of at least 4 members (excludes halogenated alkanes) is 1. The lowest BCUT2D eigenvalue weighted by atomic mass is 10.1. The Hall–Kier alpha value is -3.56. The molecule has 0 fully saturated rings. The molecule has 1 atom stereocenters. The van der Waals surface area contributed by atoms with E-state index >= 15 is 0 Å². The van der Waals surface area contributed by atoms with Crippen molar-refractivity contribution in [3.63, 3.8) is 0 Å². The molecule has 6 aromatic rings. The average molecular weight is 433 g/mol. The third kappa shape index (κ3) is 3.32. The van der Waals surface area contributed by atoms with Gasteiger partial charge in [-0.25, -0.2) is 0 Å². The summed E-state index contributed by atoms with van der Waals surface area (Å²) in [7, 11) is 0.